The summed E-state index contributed by atoms with van der Waals surface area (Å²) >= 11 is 0. The third kappa shape index (κ3) is 6.11. The number of alkyl halides is 3. The minimum absolute atomic E-state index is 0.248. The van der Waals surface area contributed by atoms with Crippen LogP contribution in [0.15, 0.2) is 18.3 Å². The van der Waals surface area contributed by atoms with E-state index in [0.717, 1.165) is 12.0 Å². The van der Waals surface area contributed by atoms with E-state index in [1.807, 2.05) is 19.1 Å². The zero-order chi connectivity index (χ0) is 12.7. The van der Waals surface area contributed by atoms with Crippen LogP contribution in [0.2, 0.25) is 0 Å². The van der Waals surface area contributed by atoms with Crippen molar-refractivity contribution in [3.05, 3.63) is 23.9 Å². The van der Waals surface area contributed by atoms with Crippen LogP contribution in [0, 0.1) is 0 Å². The topological polar surface area (TPSA) is 37.0 Å². The predicted molar refractivity (Wildman–Crippen MR) is 61.0 cm³/mol. The first-order valence-corrected chi connectivity index (χ1v) is 5.47. The molecule has 6 heteroatoms. The molecule has 0 saturated heterocycles. The Morgan fingerprint density at radius 1 is 1.29 bits per heavy atom. The van der Waals surface area contributed by atoms with Crippen molar-refractivity contribution >= 4 is 5.82 Å². The van der Waals surface area contributed by atoms with E-state index in [0.29, 0.717) is 12.4 Å². The molecule has 1 heterocycles. The van der Waals surface area contributed by atoms with Gasteiger partial charge < -0.3 is 10.6 Å². The number of nitrogens with one attached hydrogen (secondary N) is 2. The summed E-state index contributed by atoms with van der Waals surface area (Å²) in [6.07, 6.45) is -1.56. The van der Waals surface area contributed by atoms with Gasteiger partial charge in [0.05, 0.1) is 6.54 Å². The van der Waals surface area contributed by atoms with Crippen LogP contribution in [0.5, 0.6) is 0 Å². The first kappa shape index (κ1) is 13.8. The molecule has 0 aliphatic carbocycles. The van der Waals surface area contributed by atoms with E-state index in [1.165, 1.54) is 0 Å². The van der Waals surface area contributed by atoms with Gasteiger partial charge in [-0.1, -0.05) is 6.92 Å². The number of aryl methyl sites for hydroxylation is 1. The lowest BCUT2D eigenvalue weighted by Crippen LogP contribution is -2.32. The molecule has 0 bridgehead atoms. The Balaban J connectivity index is 2.22. The molecule has 0 aliphatic rings. The molecular weight excluding hydrogens is 231 g/mol. The number of halogens is 3. The van der Waals surface area contributed by atoms with Gasteiger partial charge in [-0.15, -0.1) is 0 Å². The summed E-state index contributed by atoms with van der Waals surface area (Å²) in [6, 6.07) is 3.80. The summed E-state index contributed by atoms with van der Waals surface area (Å²) in [5, 5.41) is 5.27. The van der Waals surface area contributed by atoms with Gasteiger partial charge in [0.2, 0.25) is 0 Å². The number of anilines is 1. The van der Waals surface area contributed by atoms with E-state index in [1.54, 1.807) is 6.20 Å². The molecule has 0 aromatic carbocycles. The average Bonchev–Trinajstić information content (AvgIpc) is 2.27. The fraction of sp³-hybridized carbons (Fsp3) is 0.545. The van der Waals surface area contributed by atoms with Crippen molar-refractivity contribution in [2.75, 3.05) is 25.0 Å². The molecule has 0 aliphatic heterocycles. The molecule has 0 fully saturated rings. The van der Waals surface area contributed by atoms with Crippen LogP contribution in [-0.2, 0) is 6.42 Å². The van der Waals surface area contributed by atoms with Crippen molar-refractivity contribution in [1.29, 1.82) is 0 Å². The van der Waals surface area contributed by atoms with E-state index < -0.39 is 12.7 Å². The van der Waals surface area contributed by atoms with Crippen LogP contribution in [0.25, 0.3) is 0 Å². The molecule has 0 atom stereocenters. The third-order valence-electron chi connectivity index (χ3n) is 2.17. The minimum atomic E-state index is -4.15. The number of nitrogens with zero attached hydrogens (tertiary/aromatic N) is 1. The van der Waals surface area contributed by atoms with E-state index >= 15 is 0 Å². The number of hydrogen-bond donors (Lipinski definition) is 2. The Morgan fingerprint density at radius 3 is 2.71 bits per heavy atom. The van der Waals surface area contributed by atoms with Crippen molar-refractivity contribution in [3.63, 3.8) is 0 Å². The van der Waals surface area contributed by atoms with Crippen molar-refractivity contribution < 1.29 is 13.2 Å². The van der Waals surface area contributed by atoms with Crippen LogP contribution in [0.3, 0.4) is 0 Å². The Bertz CT molecular complexity index is 339. The maximum Gasteiger partial charge on any atom is 0.401 e. The number of rotatable bonds is 6. The van der Waals surface area contributed by atoms with Crippen molar-refractivity contribution in [2.45, 2.75) is 19.5 Å². The number of aromatic nitrogens is 1. The highest BCUT2D eigenvalue weighted by Gasteiger charge is 2.25. The van der Waals surface area contributed by atoms with Crippen molar-refractivity contribution in [2.24, 2.45) is 0 Å². The lowest BCUT2D eigenvalue weighted by atomic mass is 10.2. The highest BCUT2D eigenvalue weighted by Crippen LogP contribution is 2.11. The van der Waals surface area contributed by atoms with Gasteiger partial charge in [-0.05, 0) is 24.1 Å². The summed E-state index contributed by atoms with van der Waals surface area (Å²) in [5.41, 5.74) is 1.14. The summed E-state index contributed by atoms with van der Waals surface area (Å²) in [5.74, 6) is 0.693. The van der Waals surface area contributed by atoms with Gasteiger partial charge in [0.25, 0.3) is 0 Å². The molecule has 17 heavy (non-hydrogen) atoms. The first-order valence-electron chi connectivity index (χ1n) is 5.47. The molecule has 2 N–H and O–H groups in total. The highest BCUT2D eigenvalue weighted by molar-refractivity contribution is 5.37. The Hall–Kier alpha value is -1.30. The van der Waals surface area contributed by atoms with E-state index in [-0.39, 0.29) is 6.54 Å². The molecule has 1 rings (SSSR count). The van der Waals surface area contributed by atoms with Crippen molar-refractivity contribution in [3.8, 4) is 0 Å². The molecule has 0 radical (unpaired) electrons. The smallest absolute Gasteiger partial charge is 0.369 e. The van der Waals surface area contributed by atoms with Crippen molar-refractivity contribution in [1.82, 2.24) is 10.3 Å². The molecule has 3 nitrogen and oxygen atoms in total. The van der Waals surface area contributed by atoms with Crippen LogP contribution in [0.1, 0.15) is 12.5 Å². The molecule has 0 spiro atoms. The normalized spacial score (nSPS) is 11.5. The zero-order valence-electron chi connectivity index (χ0n) is 9.64. The summed E-state index contributed by atoms with van der Waals surface area (Å²) in [6.45, 7) is 1.73. The summed E-state index contributed by atoms with van der Waals surface area (Å²) in [4.78, 5) is 4.07. The first-order chi connectivity index (χ1) is 8.01. The molecular formula is C11H16F3N3. The Labute approximate surface area is 98.4 Å². The average molecular weight is 247 g/mol. The maximum atomic E-state index is 11.8. The Morgan fingerprint density at radius 2 is 2.06 bits per heavy atom. The molecule has 0 amide bonds. The molecule has 0 saturated carbocycles. The predicted octanol–water partition coefficient (Wildman–Crippen LogP) is 2.21. The lowest BCUT2D eigenvalue weighted by Gasteiger charge is -2.09. The van der Waals surface area contributed by atoms with Gasteiger partial charge in [-0.25, -0.2) is 4.98 Å². The minimum Gasteiger partial charge on any atom is -0.369 e. The molecule has 0 unspecified atom stereocenters. The van der Waals surface area contributed by atoms with Gasteiger partial charge in [0.15, 0.2) is 0 Å². The van der Waals surface area contributed by atoms with Gasteiger partial charge >= 0.3 is 6.18 Å². The number of pyridine rings is 1. The highest BCUT2D eigenvalue weighted by atomic mass is 19.4. The monoisotopic (exact) mass is 247 g/mol. The maximum absolute atomic E-state index is 11.8. The summed E-state index contributed by atoms with van der Waals surface area (Å²) in [7, 11) is 0. The quantitative estimate of drug-likeness (QED) is 0.757. The second kappa shape index (κ2) is 6.44. The lowest BCUT2D eigenvalue weighted by molar-refractivity contribution is -0.124. The van der Waals surface area contributed by atoms with Crippen LogP contribution < -0.4 is 10.6 Å². The molecule has 96 valence electrons. The van der Waals surface area contributed by atoms with Gasteiger partial charge in [-0.2, -0.15) is 13.2 Å². The summed E-state index contributed by atoms with van der Waals surface area (Å²) < 4.78 is 35.4. The largest absolute Gasteiger partial charge is 0.401 e. The third-order valence-corrected chi connectivity index (χ3v) is 2.17. The Kier molecular flexibility index (Phi) is 5.21. The molecule has 1 aromatic rings. The van der Waals surface area contributed by atoms with E-state index in [2.05, 4.69) is 15.6 Å². The van der Waals surface area contributed by atoms with Crippen LogP contribution in [-0.4, -0.2) is 30.8 Å². The van der Waals surface area contributed by atoms with Gasteiger partial charge in [0.1, 0.15) is 5.82 Å². The zero-order valence-corrected chi connectivity index (χ0v) is 9.64. The van der Waals surface area contributed by atoms with Gasteiger partial charge in [-0.3, -0.25) is 0 Å². The van der Waals surface area contributed by atoms with E-state index in [9.17, 15) is 13.2 Å². The van der Waals surface area contributed by atoms with Crippen LogP contribution in [0.4, 0.5) is 19.0 Å². The molecule has 1 aromatic heterocycles. The SMILES string of the molecule is CCc1ccnc(NCCNCC(F)(F)F)c1. The standard InChI is InChI=1S/C11H16F3N3/c1-2-9-3-4-16-10(7-9)17-6-5-15-8-11(12,13)14/h3-4,7,15H,2,5-6,8H2,1H3,(H,16,17). The second-order valence-electron chi connectivity index (χ2n) is 3.62. The van der Waals surface area contributed by atoms with Crippen LogP contribution >= 0.6 is 0 Å². The second-order valence-corrected chi connectivity index (χ2v) is 3.62. The number of hydrogen-bond acceptors (Lipinski definition) is 3. The van der Waals surface area contributed by atoms with E-state index in [4.69, 9.17) is 0 Å². The fourth-order valence-electron chi connectivity index (χ4n) is 1.30. The van der Waals surface area contributed by atoms with Gasteiger partial charge in [0, 0.05) is 19.3 Å². The fourth-order valence-corrected chi connectivity index (χ4v) is 1.30.